The zero-order valence-electron chi connectivity index (χ0n) is 14.0. The Kier molecular flexibility index (Phi) is 3.72. The zero-order valence-corrected chi connectivity index (χ0v) is 14.0. The van der Waals surface area contributed by atoms with Gasteiger partial charge in [0.2, 0.25) is 0 Å². The van der Waals surface area contributed by atoms with Gasteiger partial charge in [0, 0.05) is 42.5 Å². The molecule has 1 fully saturated rings. The lowest BCUT2D eigenvalue weighted by Gasteiger charge is -2.21. The van der Waals surface area contributed by atoms with E-state index in [1.54, 1.807) is 10.7 Å². The molecule has 0 unspecified atom stereocenters. The van der Waals surface area contributed by atoms with Gasteiger partial charge in [-0.25, -0.2) is 9.78 Å². The first kappa shape index (κ1) is 17.4. The summed E-state index contributed by atoms with van der Waals surface area (Å²) in [4.78, 5) is 16.4. The topological polar surface area (TPSA) is 106 Å². The Morgan fingerprint density at radius 3 is 2.70 bits per heavy atom. The number of nitrogens with zero attached hydrogens (tertiary/aromatic N) is 4. The van der Waals surface area contributed by atoms with E-state index in [4.69, 9.17) is 5.73 Å². The van der Waals surface area contributed by atoms with Crippen molar-refractivity contribution in [3.63, 3.8) is 0 Å². The Morgan fingerprint density at radius 1 is 1.30 bits per heavy atom. The van der Waals surface area contributed by atoms with E-state index in [0.29, 0.717) is 37.3 Å². The summed E-state index contributed by atoms with van der Waals surface area (Å²) in [5.41, 5.74) is 6.82. The van der Waals surface area contributed by atoms with E-state index in [2.05, 4.69) is 14.8 Å². The molecular formula is C16H16F3N5O3. The van der Waals surface area contributed by atoms with Gasteiger partial charge in [-0.2, -0.15) is 5.10 Å². The number of anilines is 1. The van der Waals surface area contributed by atoms with Gasteiger partial charge >= 0.3 is 12.5 Å². The number of carbonyl (C=O) groups is 1. The van der Waals surface area contributed by atoms with Crippen molar-refractivity contribution in [1.82, 2.24) is 19.7 Å². The molecule has 4 rings (SSSR count). The molecule has 8 nitrogen and oxygen atoms in total. The van der Waals surface area contributed by atoms with Crippen molar-refractivity contribution in [1.29, 1.82) is 0 Å². The number of ether oxygens (including phenoxy) is 1. The Balaban J connectivity index is 1.66. The maximum Gasteiger partial charge on any atom is 0.573 e. The number of pyridine rings is 1. The number of hydrogen-bond acceptors (Lipinski definition) is 5. The molecule has 4 heterocycles. The molecule has 0 saturated carbocycles. The highest BCUT2D eigenvalue weighted by atomic mass is 19.4. The first-order valence-corrected chi connectivity index (χ1v) is 8.25. The number of rotatable bonds is 2. The second-order valence-corrected chi connectivity index (χ2v) is 6.78. The fourth-order valence-electron chi connectivity index (χ4n) is 3.85. The van der Waals surface area contributed by atoms with E-state index in [1.165, 1.54) is 11.1 Å². The largest absolute Gasteiger partial charge is 0.573 e. The van der Waals surface area contributed by atoms with Crippen molar-refractivity contribution in [2.45, 2.75) is 31.2 Å². The van der Waals surface area contributed by atoms with Crippen LogP contribution in [0.1, 0.15) is 18.5 Å². The van der Waals surface area contributed by atoms with Gasteiger partial charge in [-0.3, -0.25) is 4.68 Å². The average Bonchev–Trinajstić information content (AvgIpc) is 3.25. The van der Waals surface area contributed by atoms with Crippen LogP contribution >= 0.6 is 0 Å². The van der Waals surface area contributed by atoms with Crippen LogP contribution in [0, 0.1) is 0 Å². The van der Waals surface area contributed by atoms with E-state index in [-0.39, 0.29) is 11.2 Å². The van der Waals surface area contributed by atoms with Gasteiger partial charge in [0.05, 0.1) is 5.69 Å². The summed E-state index contributed by atoms with van der Waals surface area (Å²) in [6, 6.07) is 2.93. The monoisotopic (exact) mass is 383 g/mol. The quantitative estimate of drug-likeness (QED) is 0.825. The summed E-state index contributed by atoms with van der Waals surface area (Å²) in [7, 11) is 0. The second-order valence-electron chi connectivity index (χ2n) is 6.78. The van der Waals surface area contributed by atoms with Crippen LogP contribution in [0.25, 0.3) is 11.3 Å². The smallest absolute Gasteiger partial charge is 0.465 e. The summed E-state index contributed by atoms with van der Waals surface area (Å²) in [5.74, 6) is -0.951. The maximum atomic E-state index is 12.5. The molecule has 2 aliphatic rings. The minimum atomic E-state index is -4.88. The Labute approximate surface area is 151 Å². The van der Waals surface area contributed by atoms with E-state index in [9.17, 15) is 23.1 Å². The highest BCUT2D eigenvalue weighted by Gasteiger charge is 2.47. The maximum absolute atomic E-state index is 12.5. The number of aromatic nitrogens is 3. The van der Waals surface area contributed by atoms with Crippen molar-refractivity contribution >= 4 is 11.9 Å². The number of fused-ring (bicyclic) bond motifs is 2. The van der Waals surface area contributed by atoms with E-state index in [0.717, 1.165) is 18.2 Å². The molecule has 2 aromatic rings. The van der Waals surface area contributed by atoms with Crippen LogP contribution in [-0.2, 0) is 12.0 Å². The van der Waals surface area contributed by atoms with Gasteiger partial charge < -0.3 is 20.5 Å². The number of hydrogen-bond donors (Lipinski definition) is 2. The molecule has 2 aromatic heterocycles. The van der Waals surface area contributed by atoms with Crippen LogP contribution in [0.15, 0.2) is 18.3 Å². The number of likely N-dealkylation sites (tertiary alicyclic amines) is 1. The van der Waals surface area contributed by atoms with Crippen LogP contribution in [0.5, 0.6) is 5.75 Å². The Hall–Kier alpha value is -2.98. The average molecular weight is 383 g/mol. The summed E-state index contributed by atoms with van der Waals surface area (Å²) < 4.78 is 43.2. The van der Waals surface area contributed by atoms with Crippen molar-refractivity contribution in [2.75, 3.05) is 18.8 Å². The lowest BCUT2D eigenvalue weighted by Crippen LogP contribution is -2.32. The minimum absolute atomic E-state index is 0.309. The van der Waals surface area contributed by atoms with Crippen molar-refractivity contribution in [2.24, 2.45) is 0 Å². The molecule has 0 bridgehead atoms. The predicted molar refractivity (Wildman–Crippen MR) is 87.1 cm³/mol. The number of nitrogen functional groups attached to an aromatic ring is 1. The Morgan fingerprint density at radius 2 is 2.04 bits per heavy atom. The molecule has 2 aliphatic heterocycles. The van der Waals surface area contributed by atoms with Crippen molar-refractivity contribution in [3.8, 4) is 17.0 Å². The van der Waals surface area contributed by atoms with Crippen LogP contribution in [0.4, 0.5) is 23.8 Å². The number of halogens is 3. The normalized spacial score (nSPS) is 21.7. The molecule has 3 N–H and O–H groups in total. The SMILES string of the molecule is Nc1ncc(-c2cc3n(n2)CC[C@@]32CCN(C(=O)O)C2)cc1OC(F)(F)F. The molecular weight excluding hydrogens is 367 g/mol. The first-order chi connectivity index (χ1) is 12.7. The van der Waals surface area contributed by atoms with Crippen LogP contribution in [0.3, 0.4) is 0 Å². The summed E-state index contributed by atoms with van der Waals surface area (Å²) in [6.07, 6.45) is -3.03. The molecule has 1 amide bonds. The van der Waals surface area contributed by atoms with Crippen LogP contribution in [0.2, 0.25) is 0 Å². The molecule has 1 saturated heterocycles. The molecule has 0 aromatic carbocycles. The molecule has 1 spiro atoms. The van der Waals surface area contributed by atoms with Gasteiger partial charge in [0.1, 0.15) is 0 Å². The fourth-order valence-corrected chi connectivity index (χ4v) is 3.85. The van der Waals surface area contributed by atoms with E-state index < -0.39 is 18.2 Å². The third-order valence-electron chi connectivity index (χ3n) is 5.15. The van der Waals surface area contributed by atoms with Gasteiger partial charge in [-0.05, 0) is 25.0 Å². The third kappa shape index (κ3) is 3.02. The van der Waals surface area contributed by atoms with Crippen molar-refractivity contribution in [3.05, 3.63) is 24.0 Å². The number of nitrogens with two attached hydrogens (primary N) is 1. The molecule has 11 heteroatoms. The van der Waals surface area contributed by atoms with Crippen molar-refractivity contribution < 1.29 is 27.8 Å². The lowest BCUT2D eigenvalue weighted by atomic mass is 9.82. The first-order valence-electron chi connectivity index (χ1n) is 8.25. The van der Waals surface area contributed by atoms with Gasteiger partial charge in [0.25, 0.3) is 0 Å². The standard InChI is InChI=1S/C16H16F3N5O3/c17-16(18,19)27-11-5-9(7-21-13(11)20)10-6-12-15(2-4-24(12)22-10)1-3-23(8-15)14(25)26/h5-7H,1-4,8H2,(H2,20,21)(H,25,26)/t15-/m1/s1. The molecule has 0 aliphatic carbocycles. The summed E-state index contributed by atoms with van der Waals surface area (Å²) in [5, 5.41) is 13.7. The molecule has 27 heavy (non-hydrogen) atoms. The summed E-state index contributed by atoms with van der Waals surface area (Å²) >= 11 is 0. The summed E-state index contributed by atoms with van der Waals surface area (Å²) in [6.45, 7) is 1.45. The molecule has 144 valence electrons. The predicted octanol–water partition coefficient (Wildman–Crippen LogP) is 2.45. The number of aryl methyl sites for hydroxylation is 1. The highest BCUT2D eigenvalue weighted by molar-refractivity contribution is 5.67. The van der Waals surface area contributed by atoms with Gasteiger partial charge in [-0.1, -0.05) is 0 Å². The number of alkyl halides is 3. The number of carboxylic acid groups (broad SMARTS) is 1. The fraction of sp³-hybridized carbons (Fsp3) is 0.438. The van der Waals surface area contributed by atoms with E-state index >= 15 is 0 Å². The highest BCUT2D eigenvalue weighted by Crippen LogP contribution is 2.44. The zero-order chi connectivity index (χ0) is 19.4. The number of amides is 1. The van der Waals surface area contributed by atoms with Gasteiger partial charge in [0.15, 0.2) is 11.6 Å². The Bertz CT molecular complexity index is 913. The second kappa shape index (κ2) is 5.76. The molecule has 0 radical (unpaired) electrons. The molecule has 1 atom stereocenters. The lowest BCUT2D eigenvalue weighted by molar-refractivity contribution is -0.274. The van der Waals surface area contributed by atoms with Crippen LogP contribution in [-0.4, -0.2) is 50.3 Å². The third-order valence-corrected chi connectivity index (χ3v) is 5.15. The van der Waals surface area contributed by atoms with Gasteiger partial charge in [-0.15, -0.1) is 13.2 Å². The minimum Gasteiger partial charge on any atom is -0.465 e. The van der Waals surface area contributed by atoms with Crippen LogP contribution < -0.4 is 10.5 Å². The van der Waals surface area contributed by atoms with E-state index in [1.807, 2.05) is 0 Å².